The van der Waals surface area contributed by atoms with Crippen molar-refractivity contribution in [1.29, 1.82) is 0 Å². The van der Waals surface area contributed by atoms with Crippen molar-refractivity contribution in [2.75, 3.05) is 5.75 Å². The van der Waals surface area contributed by atoms with Crippen LogP contribution in [0.25, 0.3) is 0 Å². The molecule has 2 aliphatic heterocycles. The van der Waals surface area contributed by atoms with Crippen molar-refractivity contribution in [3.8, 4) is 0 Å². The number of thioether (sulfide) groups is 1. The zero-order valence-electron chi connectivity index (χ0n) is 17.1. The average Bonchev–Trinajstić information content (AvgIpc) is 2.78. The number of rotatable bonds is 7. The highest BCUT2D eigenvalue weighted by Gasteiger charge is 2.54. The fraction of sp³-hybridized carbons (Fsp3) is 0.455. The molecule has 3 aliphatic rings. The first kappa shape index (κ1) is 21.6. The molecule has 2 amide bonds. The van der Waals surface area contributed by atoms with E-state index in [0.29, 0.717) is 17.7 Å². The lowest BCUT2D eigenvalue weighted by Gasteiger charge is -2.49. The van der Waals surface area contributed by atoms with Gasteiger partial charge in [0, 0.05) is 30.6 Å². The summed E-state index contributed by atoms with van der Waals surface area (Å²) in [6, 6.07) is 2.70. The van der Waals surface area contributed by atoms with Gasteiger partial charge in [0.15, 0.2) is 0 Å². The fourth-order valence-electron chi connectivity index (χ4n) is 4.39. The number of nitrogens with two attached hydrogens (primary N) is 1. The summed E-state index contributed by atoms with van der Waals surface area (Å²) in [4.78, 5) is 42.6. The Labute approximate surface area is 185 Å². The topological polar surface area (TPSA) is 126 Å². The number of nitrogens with zero attached hydrogens (tertiary/aromatic N) is 2. The molecule has 0 bridgehead atoms. The van der Waals surface area contributed by atoms with Crippen LogP contribution in [0.3, 0.4) is 0 Å². The summed E-state index contributed by atoms with van der Waals surface area (Å²) in [6.07, 6.45) is 11.0. The summed E-state index contributed by atoms with van der Waals surface area (Å²) >= 11 is 1.47. The average molecular weight is 443 g/mol. The summed E-state index contributed by atoms with van der Waals surface area (Å²) in [6.45, 7) is 0. The van der Waals surface area contributed by atoms with E-state index < -0.39 is 17.4 Å². The van der Waals surface area contributed by atoms with Crippen LogP contribution in [0.2, 0.25) is 0 Å². The number of hydrogen-bond donors (Lipinski definition) is 3. The molecule has 1 aromatic heterocycles. The number of carboxylic acids is 1. The van der Waals surface area contributed by atoms with Crippen LogP contribution in [-0.4, -0.2) is 56.0 Å². The Morgan fingerprint density at radius 1 is 1.39 bits per heavy atom. The molecule has 164 valence electrons. The van der Waals surface area contributed by atoms with Gasteiger partial charge in [-0.05, 0) is 48.8 Å². The van der Waals surface area contributed by atoms with Gasteiger partial charge < -0.3 is 16.2 Å². The molecule has 9 heteroatoms. The molecule has 1 aliphatic carbocycles. The van der Waals surface area contributed by atoms with E-state index in [1.807, 2.05) is 6.07 Å². The summed E-state index contributed by atoms with van der Waals surface area (Å²) < 4.78 is 0. The van der Waals surface area contributed by atoms with Crippen molar-refractivity contribution in [2.24, 2.45) is 11.7 Å². The number of carbonyl (C=O) groups excluding carboxylic acids is 2. The van der Waals surface area contributed by atoms with Crippen LogP contribution >= 0.6 is 11.8 Å². The van der Waals surface area contributed by atoms with Gasteiger partial charge in [-0.2, -0.15) is 0 Å². The Kier molecular flexibility index (Phi) is 6.43. The van der Waals surface area contributed by atoms with Gasteiger partial charge in [-0.15, -0.1) is 11.8 Å². The molecule has 0 spiro atoms. The van der Waals surface area contributed by atoms with Crippen LogP contribution in [0.5, 0.6) is 0 Å². The second-order valence-electron chi connectivity index (χ2n) is 8.16. The molecular weight excluding hydrogens is 416 g/mol. The van der Waals surface area contributed by atoms with Gasteiger partial charge in [0.1, 0.15) is 17.1 Å². The maximum Gasteiger partial charge on any atom is 0.352 e. The molecule has 1 fully saturated rings. The van der Waals surface area contributed by atoms with E-state index in [4.69, 9.17) is 5.73 Å². The van der Waals surface area contributed by atoms with E-state index in [2.05, 4.69) is 22.5 Å². The molecule has 0 saturated carbocycles. The number of allylic oxidation sites excluding steroid dienone is 2. The lowest BCUT2D eigenvalue weighted by Crippen LogP contribution is -2.70. The van der Waals surface area contributed by atoms with Gasteiger partial charge in [-0.1, -0.05) is 18.2 Å². The number of carboxylic acid groups (broad SMARTS) is 1. The van der Waals surface area contributed by atoms with Gasteiger partial charge in [-0.25, -0.2) is 4.79 Å². The molecule has 8 nitrogen and oxygen atoms in total. The highest BCUT2D eigenvalue weighted by Crippen LogP contribution is 2.41. The first-order valence-electron chi connectivity index (χ1n) is 10.4. The van der Waals surface area contributed by atoms with E-state index in [-0.39, 0.29) is 35.9 Å². The molecule has 4 atom stereocenters. The van der Waals surface area contributed by atoms with E-state index in [0.717, 1.165) is 24.8 Å². The van der Waals surface area contributed by atoms with Crippen molar-refractivity contribution in [2.45, 2.75) is 49.6 Å². The summed E-state index contributed by atoms with van der Waals surface area (Å²) in [5.41, 5.74) is 7.80. The molecule has 1 aromatic rings. The molecular formula is C22H26N4O4S. The molecule has 0 aromatic carbocycles. The Balaban J connectivity index is 1.41. The smallest absolute Gasteiger partial charge is 0.352 e. The number of pyridine rings is 1. The maximum atomic E-state index is 12.8. The van der Waals surface area contributed by atoms with Gasteiger partial charge in [0.2, 0.25) is 5.91 Å². The normalized spacial score (nSPS) is 26.2. The number of fused-ring (bicyclic) bond motifs is 1. The Morgan fingerprint density at radius 2 is 2.23 bits per heavy atom. The zero-order valence-corrected chi connectivity index (χ0v) is 17.9. The van der Waals surface area contributed by atoms with Gasteiger partial charge in [-0.3, -0.25) is 19.5 Å². The van der Waals surface area contributed by atoms with Crippen LogP contribution in [0.4, 0.5) is 0 Å². The number of aliphatic carboxylic acids is 1. The third kappa shape index (κ3) is 4.52. The van der Waals surface area contributed by atoms with E-state index in [9.17, 15) is 19.5 Å². The molecule has 1 saturated heterocycles. The summed E-state index contributed by atoms with van der Waals surface area (Å²) in [7, 11) is 0. The third-order valence-electron chi connectivity index (χ3n) is 6.04. The molecule has 2 unspecified atom stereocenters. The van der Waals surface area contributed by atoms with E-state index in [1.54, 1.807) is 18.5 Å². The highest BCUT2D eigenvalue weighted by atomic mass is 32.2. The predicted molar refractivity (Wildman–Crippen MR) is 117 cm³/mol. The number of aromatic nitrogens is 1. The molecule has 4 rings (SSSR count). The van der Waals surface area contributed by atoms with Crippen molar-refractivity contribution >= 4 is 29.5 Å². The van der Waals surface area contributed by atoms with Gasteiger partial charge in [0.05, 0.1) is 0 Å². The molecule has 3 heterocycles. The molecule has 31 heavy (non-hydrogen) atoms. The number of carbonyl (C=O) groups is 3. The summed E-state index contributed by atoms with van der Waals surface area (Å²) in [5.74, 6) is -1.03. The van der Waals surface area contributed by atoms with Gasteiger partial charge in [0.25, 0.3) is 5.91 Å². The minimum absolute atomic E-state index is 0.0220. The largest absolute Gasteiger partial charge is 0.477 e. The maximum absolute atomic E-state index is 12.8. The number of hydrogen-bond acceptors (Lipinski definition) is 6. The summed E-state index contributed by atoms with van der Waals surface area (Å²) in [5, 5.41) is 12.1. The van der Waals surface area contributed by atoms with E-state index in [1.165, 1.54) is 16.7 Å². The first-order chi connectivity index (χ1) is 15.0. The number of amides is 2. The fourth-order valence-corrected chi connectivity index (χ4v) is 5.73. The Morgan fingerprint density at radius 3 is 2.90 bits per heavy atom. The van der Waals surface area contributed by atoms with E-state index >= 15 is 0 Å². The Hall–Kier alpha value is -2.65. The number of β-lactam (4-membered cyclic amide) rings is 1. The van der Waals surface area contributed by atoms with Crippen LogP contribution < -0.4 is 11.1 Å². The number of nitrogens with one attached hydrogen (secondary N) is 1. The monoisotopic (exact) mass is 442 g/mol. The second-order valence-corrected chi connectivity index (χ2v) is 9.27. The lowest BCUT2D eigenvalue weighted by molar-refractivity contribution is -0.150. The highest BCUT2D eigenvalue weighted by molar-refractivity contribution is 8.00. The zero-order chi connectivity index (χ0) is 22.0. The third-order valence-corrected chi connectivity index (χ3v) is 7.38. The lowest BCUT2D eigenvalue weighted by atomic mass is 9.86. The predicted octanol–water partition coefficient (Wildman–Crippen LogP) is 1.44. The molecule has 4 N–H and O–H groups in total. The second kappa shape index (κ2) is 9.23. The van der Waals surface area contributed by atoms with Crippen LogP contribution in [0, 0.1) is 5.92 Å². The quantitative estimate of drug-likeness (QED) is 0.431. The SMILES string of the molecule is NC(CC(=O)N[C@@H]1C(=O)N2C(C(=O)O)=C(Cc3cccnc3)CS[C@H]12)C1CC=CCC1. The minimum atomic E-state index is -1.13. The Bertz CT molecular complexity index is 933. The van der Waals surface area contributed by atoms with Crippen LogP contribution in [-0.2, 0) is 20.8 Å². The van der Waals surface area contributed by atoms with Gasteiger partial charge >= 0.3 is 5.97 Å². The van der Waals surface area contributed by atoms with Crippen molar-refractivity contribution in [1.82, 2.24) is 15.2 Å². The van der Waals surface area contributed by atoms with Crippen LogP contribution in [0.15, 0.2) is 47.9 Å². The minimum Gasteiger partial charge on any atom is -0.477 e. The van der Waals surface area contributed by atoms with Crippen LogP contribution in [0.1, 0.15) is 31.2 Å². The van der Waals surface area contributed by atoms with Crippen molar-refractivity contribution in [3.05, 3.63) is 53.5 Å². The standard InChI is InChI=1S/C22H26N4O4S/c23-16(14-6-2-1-3-7-14)10-17(27)25-18-20(28)26-19(22(29)30)15(12-31-21(18)26)9-13-5-4-8-24-11-13/h1-2,4-5,8,11,14,16,18,21H,3,6-7,9-10,12,23H2,(H,25,27)(H,29,30)/t14?,16?,18-,21-/m1/s1. The first-order valence-corrected chi connectivity index (χ1v) is 11.5. The van der Waals surface area contributed by atoms with Crippen molar-refractivity contribution in [3.63, 3.8) is 0 Å². The molecule has 0 radical (unpaired) electrons. The van der Waals surface area contributed by atoms with Crippen molar-refractivity contribution < 1.29 is 19.5 Å².